The first kappa shape index (κ1) is 22.2. The lowest BCUT2D eigenvalue weighted by Crippen LogP contribution is -3.12. The van der Waals surface area contributed by atoms with Gasteiger partial charge in [-0.2, -0.15) is 0 Å². The molecule has 0 aliphatic carbocycles. The number of anilines is 1. The first-order valence-electron chi connectivity index (χ1n) is 9.93. The van der Waals surface area contributed by atoms with Crippen LogP contribution in [-0.2, 0) is 27.8 Å². The summed E-state index contributed by atoms with van der Waals surface area (Å²) in [5.41, 5.74) is 1.69. The van der Waals surface area contributed by atoms with Crippen LogP contribution in [0.1, 0.15) is 10.4 Å². The van der Waals surface area contributed by atoms with E-state index in [0.29, 0.717) is 10.7 Å². The number of nitrogens with one attached hydrogen (secondary N) is 1. The number of sulfonamides is 1. The lowest BCUT2D eigenvalue weighted by Gasteiger charge is -2.24. The number of ether oxygens (including phenoxy) is 1. The average molecular weight is 482 g/mol. The Bertz CT molecular complexity index is 1110. The molecule has 0 bridgehead atoms. The van der Waals surface area contributed by atoms with Crippen molar-refractivity contribution in [3.8, 4) is 0 Å². The van der Waals surface area contributed by atoms with Gasteiger partial charge in [-0.3, -0.25) is 4.31 Å². The van der Waals surface area contributed by atoms with E-state index < -0.39 is 15.8 Å². The van der Waals surface area contributed by atoms with E-state index in [1.807, 2.05) is 0 Å². The maximum atomic E-state index is 13.4. The molecule has 1 aliphatic rings. The van der Waals surface area contributed by atoms with Crippen molar-refractivity contribution < 1.29 is 22.4 Å². The Morgan fingerprint density at radius 1 is 1.06 bits per heavy atom. The monoisotopic (exact) mass is 481 g/mol. The topological polar surface area (TPSA) is 51.0 Å². The Morgan fingerprint density at radius 3 is 2.42 bits per heavy atom. The van der Waals surface area contributed by atoms with E-state index in [9.17, 15) is 12.8 Å². The van der Waals surface area contributed by atoms with E-state index in [2.05, 4.69) is 11.4 Å². The van der Waals surface area contributed by atoms with Gasteiger partial charge in [0.15, 0.2) is 0 Å². The molecule has 1 fully saturated rings. The van der Waals surface area contributed by atoms with E-state index >= 15 is 0 Å². The standard InChI is InChI=1S/C22H22ClFN2O3S2/c23-18-1-5-20(6-2-18)26(31(27,28)22-7-3-19(24)4-8-22)15-21-13-17(16-30-21)14-25-9-11-29-12-10-25/h1-8,13,16H,9-12,14-15H2/p+1. The summed E-state index contributed by atoms with van der Waals surface area (Å²) in [6.45, 7) is 4.57. The van der Waals surface area contributed by atoms with E-state index in [1.165, 1.54) is 26.9 Å². The molecule has 0 radical (unpaired) electrons. The number of rotatable bonds is 7. The number of thiophene rings is 1. The van der Waals surface area contributed by atoms with Crippen molar-refractivity contribution in [1.82, 2.24) is 0 Å². The molecule has 2 heterocycles. The van der Waals surface area contributed by atoms with Crippen LogP contribution in [0, 0.1) is 5.82 Å². The minimum absolute atomic E-state index is 0.0402. The highest BCUT2D eigenvalue weighted by Gasteiger charge is 2.26. The molecule has 0 unspecified atom stereocenters. The van der Waals surface area contributed by atoms with Crippen LogP contribution in [0.2, 0.25) is 5.02 Å². The fraction of sp³-hybridized carbons (Fsp3) is 0.273. The second kappa shape index (κ2) is 9.67. The SMILES string of the molecule is O=S(=O)(c1ccc(F)cc1)N(Cc1cc(C[NH+]2CCOCC2)cs1)c1ccc(Cl)cc1. The van der Waals surface area contributed by atoms with Gasteiger partial charge in [0.2, 0.25) is 0 Å². The molecule has 9 heteroatoms. The van der Waals surface area contributed by atoms with Crippen LogP contribution in [-0.4, -0.2) is 34.7 Å². The molecule has 1 aromatic heterocycles. The van der Waals surface area contributed by atoms with Gasteiger partial charge in [-0.15, -0.1) is 11.3 Å². The van der Waals surface area contributed by atoms with Gasteiger partial charge in [0.05, 0.1) is 30.3 Å². The summed E-state index contributed by atoms with van der Waals surface area (Å²) in [6.07, 6.45) is 0. The highest BCUT2D eigenvalue weighted by atomic mass is 35.5. The van der Waals surface area contributed by atoms with Crippen LogP contribution < -0.4 is 9.21 Å². The minimum Gasteiger partial charge on any atom is -0.370 e. The quantitative estimate of drug-likeness (QED) is 0.563. The Morgan fingerprint density at radius 2 is 1.74 bits per heavy atom. The van der Waals surface area contributed by atoms with E-state index in [-0.39, 0.29) is 11.4 Å². The van der Waals surface area contributed by atoms with Crippen LogP contribution >= 0.6 is 22.9 Å². The van der Waals surface area contributed by atoms with Gasteiger partial charge >= 0.3 is 0 Å². The maximum Gasteiger partial charge on any atom is 0.264 e. The van der Waals surface area contributed by atoms with Crippen molar-refractivity contribution in [2.24, 2.45) is 0 Å². The summed E-state index contributed by atoms with van der Waals surface area (Å²) < 4.78 is 46.9. The number of hydrogen-bond acceptors (Lipinski definition) is 4. The van der Waals surface area contributed by atoms with Gasteiger partial charge in [-0.05, 0) is 60.0 Å². The van der Waals surface area contributed by atoms with Crippen molar-refractivity contribution in [1.29, 1.82) is 0 Å². The number of morpholine rings is 1. The van der Waals surface area contributed by atoms with Crippen molar-refractivity contribution in [2.45, 2.75) is 18.0 Å². The zero-order valence-electron chi connectivity index (χ0n) is 16.8. The lowest BCUT2D eigenvalue weighted by atomic mass is 10.2. The third kappa shape index (κ3) is 5.45. The third-order valence-electron chi connectivity index (χ3n) is 5.18. The molecule has 31 heavy (non-hydrogen) atoms. The van der Waals surface area contributed by atoms with Crippen LogP contribution in [0.4, 0.5) is 10.1 Å². The zero-order valence-corrected chi connectivity index (χ0v) is 19.1. The molecule has 2 aromatic carbocycles. The fourth-order valence-corrected chi connectivity index (χ4v) is 6.05. The van der Waals surface area contributed by atoms with Gasteiger partial charge in [0.1, 0.15) is 25.5 Å². The molecule has 3 aromatic rings. The van der Waals surface area contributed by atoms with Gasteiger partial charge in [-0.25, -0.2) is 12.8 Å². The van der Waals surface area contributed by atoms with Crippen LogP contribution in [0.5, 0.6) is 0 Å². The largest absolute Gasteiger partial charge is 0.370 e. The lowest BCUT2D eigenvalue weighted by molar-refractivity contribution is -0.921. The van der Waals surface area contributed by atoms with Gasteiger partial charge in [-0.1, -0.05) is 11.6 Å². The number of benzene rings is 2. The Hall–Kier alpha value is -1.97. The molecular weight excluding hydrogens is 459 g/mol. The van der Waals surface area contributed by atoms with Crippen LogP contribution in [0.3, 0.4) is 0 Å². The molecule has 0 spiro atoms. The van der Waals surface area contributed by atoms with Crippen molar-refractivity contribution in [2.75, 3.05) is 30.6 Å². The molecule has 1 N–H and O–H groups in total. The second-order valence-electron chi connectivity index (χ2n) is 7.40. The molecule has 0 saturated carbocycles. The van der Waals surface area contributed by atoms with Crippen molar-refractivity contribution >= 4 is 38.6 Å². The van der Waals surface area contributed by atoms with Crippen molar-refractivity contribution in [3.05, 3.63) is 81.3 Å². The molecule has 1 aliphatic heterocycles. The number of nitrogens with zero attached hydrogens (tertiary/aromatic N) is 1. The highest BCUT2D eigenvalue weighted by Crippen LogP contribution is 2.29. The zero-order chi connectivity index (χ0) is 21.8. The van der Waals surface area contributed by atoms with Crippen LogP contribution in [0.15, 0.2) is 64.9 Å². The van der Waals surface area contributed by atoms with E-state index in [4.69, 9.17) is 16.3 Å². The first-order valence-corrected chi connectivity index (χ1v) is 12.6. The molecule has 164 valence electrons. The predicted octanol–water partition coefficient (Wildman–Crippen LogP) is 3.35. The third-order valence-corrected chi connectivity index (χ3v) is 8.19. The fourth-order valence-electron chi connectivity index (χ4n) is 3.53. The molecule has 4 rings (SSSR count). The van der Waals surface area contributed by atoms with Crippen molar-refractivity contribution in [3.63, 3.8) is 0 Å². The van der Waals surface area contributed by atoms with Crippen LogP contribution in [0.25, 0.3) is 0 Å². The Balaban J connectivity index is 1.61. The minimum atomic E-state index is -3.89. The molecule has 5 nitrogen and oxygen atoms in total. The summed E-state index contributed by atoms with van der Waals surface area (Å²) >= 11 is 7.54. The van der Waals surface area contributed by atoms with Gasteiger partial charge in [0, 0.05) is 15.5 Å². The summed E-state index contributed by atoms with van der Waals surface area (Å²) in [7, 11) is -3.89. The number of quaternary nitrogens is 1. The molecular formula is C22H23ClFN2O3S2+. The van der Waals surface area contributed by atoms with E-state index in [1.54, 1.807) is 35.6 Å². The number of hydrogen-bond donors (Lipinski definition) is 1. The first-order chi connectivity index (χ1) is 14.9. The van der Waals surface area contributed by atoms with Gasteiger partial charge in [0.25, 0.3) is 10.0 Å². The summed E-state index contributed by atoms with van der Waals surface area (Å²) in [4.78, 5) is 2.44. The summed E-state index contributed by atoms with van der Waals surface area (Å²) in [6, 6.07) is 13.6. The maximum absolute atomic E-state index is 13.4. The second-order valence-corrected chi connectivity index (χ2v) is 10.7. The Labute approximate surface area is 190 Å². The molecule has 0 amide bonds. The average Bonchev–Trinajstić information content (AvgIpc) is 3.21. The molecule has 1 saturated heterocycles. The smallest absolute Gasteiger partial charge is 0.264 e. The molecule has 0 atom stereocenters. The van der Waals surface area contributed by atoms with Gasteiger partial charge < -0.3 is 9.64 Å². The highest BCUT2D eigenvalue weighted by molar-refractivity contribution is 7.92. The summed E-state index contributed by atoms with van der Waals surface area (Å²) in [5, 5.41) is 2.61. The predicted molar refractivity (Wildman–Crippen MR) is 121 cm³/mol. The number of halogens is 2. The summed E-state index contributed by atoms with van der Waals surface area (Å²) in [5.74, 6) is -0.481. The normalized spacial score (nSPS) is 15.2. The Kier molecular flexibility index (Phi) is 6.93. The van der Waals surface area contributed by atoms with E-state index in [0.717, 1.165) is 49.9 Å².